The number of hydrogen-bond donors (Lipinski definition) is 5. The van der Waals surface area contributed by atoms with Crippen LogP contribution in [0.4, 0.5) is 0 Å². The molecule has 0 aromatic heterocycles. The Hall–Kier alpha value is -2.35. The van der Waals surface area contributed by atoms with Crippen molar-refractivity contribution >= 4 is 84.7 Å². The average Bonchev–Trinajstić information content (AvgIpc) is 3.39. The lowest BCUT2D eigenvalue weighted by atomic mass is 9.95. The fraction of sp³-hybridized carbons (Fsp3) is 0.877. The predicted octanol–water partition coefficient (Wildman–Crippen LogP) is 11.4. The van der Waals surface area contributed by atoms with E-state index in [0.29, 0.717) is 74.2 Å². The Bertz CT molecular complexity index is 1490. The van der Waals surface area contributed by atoms with Gasteiger partial charge in [0.25, 0.3) is 0 Å². The van der Waals surface area contributed by atoms with Crippen LogP contribution in [0.3, 0.4) is 0 Å². The van der Waals surface area contributed by atoms with Crippen molar-refractivity contribution in [1.82, 2.24) is 31.5 Å². The molecule has 15 nitrogen and oxygen atoms in total. The molecule has 0 aliphatic heterocycles. The van der Waals surface area contributed by atoms with Gasteiger partial charge in [-0.3, -0.25) is 33.6 Å². The smallest absolute Gasteiger partial charge is 0.306 e. The number of nitrogens with one attached hydrogen (secondary N) is 5. The van der Waals surface area contributed by atoms with Crippen LogP contribution < -0.4 is 26.6 Å². The summed E-state index contributed by atoms with van der Waals surface area (Å²) in [6.07, 6.45) is 29.5. The van der Waals surface area contributed by atoms with E-state index in [1.165, 1.54) is 122 Å². The third-order valence-corrected chi connectivity index (χ3v) is 17.7. The van der Waals surface area contributed by atoms with Gasteiger partial charge in [-0.15, -0.1) is 0 Å². The molecule has 5 N–H and O–H groups in total. The molecular formula is C57H108N6O9S4. The third-order valence-electron chi connectivity index (χ3n) is 12.9. The first-order valence-electron chi connectivity index (χ1n) is 29.7. The van der Waals surface area contributed by atoms with Gasteiger partial charge in [0.2, 0.25) is 29.5 Å². The molecule has 3 unspecified atom stereocenters. The molecule has 0 saturated heterocycles. The molecule has 0 spiro atoms. The second-order valence-electron chi connectivity index (χ2n) is 20.4. The highest BCUT2D eigenvalue weighted by atomic mass is 33.1. The van der Waals surface area contributed by atoms with Crippen molar-refractivity contribution < 1.29 is 43.0 Å². The minimum atomic E-state index is -0.867. The van der Waals surface area contributed by atoms with E-state index in [2.05, 4.69) is 54.3 Å². The molecular weight excluding hydrogens is 1040 g/mol. The van der Waals surface area contributed by atoms with E-state index in [9.17, 15) is 33.6 Å². The molecule has 0 rings (SSSR count). The van der Waals surface area contributed by atoms with Gasteiger partial charge in [0.1, 0.15) is 6.04 Å². The molecule has 0 aliphatic carbocycles. The average molecular weight is 1150 g/mol. The standard InChI is InChI=1S/C57H108N6O9S4/c1-7-11-15-19-21-25-29-48(27-23-17-13-9-3)46-71-55(68)35-33-52(65)59-38-42-74-73-41-37-58-51(64)32-31-50(62-54(67)45-63(5)6)57(70)61-40-44-76-75-43-39-60-53(66)34-36-56(69)72-47-49(28-24-18-14-10-4)30-26-22-20-16-12-8-2/h48-50H,7-47H2,1-6H3,(H,58,64)(H,59,65)(H,60,66)(H,61,70)(H,62,67). The van der Waals surface area contributed by atoms with E-state index in [1.807, 2.05) is 0 Å². The number of likely N-dealkylation sites (N-methyl/N-ethyl adjacent to an activating group) is 1. The van der Waals surface area contributed by atoms with Crippen molar-refractivity contribution in [2.75, 3.05) is 83.0 Å². The topological polar surface area (TPSA) is 201 Å². The van der Waals surface area contributed by atoms with Crippen LogP contribution in [0, 0.1) is 11.8 Å². The van der Waals surface area contributed by atoms with Crippen LogP contribution >= 0.6 is 43.2 Å². The number of nitrogens with zero attached hydrogens (tertiary/aromatic N) is 1. The van der Waals surface area contributed by atoms with Gasteiger partial charge in [0.05, 0.1) is 32.6 Å². The van der Waals surface area contributed by atoms with Crippen LogP contribution in [0.25, 0.3) is 0 Å². The van der Waals surface area contributed by atoms with Crippen LogP contribution in [0.2, 0.25) is 0 Å². The zero-order valence-electron chi connectivity index (χ0n) is 48.5. The first kappa shape index (κ1) is 73.7. The SMILES string of the molecule is CCCCCCCCC(CCCCCC)COC(=O)CCC(=O)NCCSSCCNC(=O)CCC(NC(=O)CN(C)C)C(=O)NCCSSCCNC(=O)CCC(=O)OCC(CCCCCC)CCCCCCCC. The Kier molecular flexibility index (Phi) is 52.9. The monoisotopic (exact) mass is 1150 g/mol. The Morgan fingerprint density at radius 1 is 0.395 bits per heavy atom. The molecule has 76 heavy (non-hydrogen) atoms. The van der Waals surface area contributed by atoms with Crippen molar-refractivity contribution in [3.8, 4) is 0 Å². The zero-order chi connectivity index (χ0) is 56.1. The maximum absolute atomic E-state index is 13.1. The number of carbonyl (C=O) groups excluding carboxylic acids is 7. The van der Waals surface area contributed by atoms with Crippen LogP contribution in [0.1, 0.15) is 220 Å². The van der Waals surface area contributed by atoms with Crippen molar-refractivity contribution in [3.63, 3.8) is 0 Å². The minimum absolute atomic E-state index is 0.0625. The number of hydrogen-bond acceptors (Lipinski definition) is 14. The fourth-order valence-corrected chi connectivity index (χ4v) is 12.0. The molecule has 0 aromatic carbocycles. The lowest BCUT2D eigenvalue weighted by Gasteiger charge is -2.19. The van der Waals surface area contributed by atoms with E-state index in [4.69, 9.17) is 9.47 Å². The van der Waals surface area contributed by atoms with Crippen molar-refractivity contribution in [2.24, 2.45) is 11.8 Å². The van der Waals surface area contributed by atoms with E-state index in [0.717, 1.165) is 32.1 Å². The second kappa shape index (κ2) is 54.6. The van der Waals surface area contributed by atoms with Gasteiger partial charge in [0.15, 0.2) is 0 Å². The summed E-state index contributed by atoms with van der Waals surface area (Å²) in [5, 5.41) is 14.3. The number of ether oxygens (including phenoxy) is 2. The summed E-state index contributed by atoms with van der Waals surface area (Å²) in [6.45, 7) is 11.6. The highest BCUT2D eigenvalue weighted by Gasteiger charge is 2.22. The van der Waals surface area contributed by atoms with Gasteiger partial charge in [-0.25, -0.2) is 0 Å². The molecule has 0 bridgehead atoms. The molecule has 0 fully saturated rings. The fourth-order valence-electron chi connectivity index (χ4n) is 8.37. The van der Waals surface area contributed by atoms with Crippen LogP contribution in [0.15, 0.2) is 0 Å². The molecule has 0 heterocycles. The van der Waals surface area contributed by atoms with E-state index in [1.54, 1.807) is 62.2 Å². The quantitative estimate of drug-likeness (QED) is 0.0219. The highest BCUT2D eigenvalue weighted by molar-refractivity contribution is 8.77. The van der Waals surface area contributed by atoms with Crippen LogP contribution in [-0.4, -0.2) is 135 Å². The Morgan fingerprint density at radius 2 is 0.724 bits per heavy atom. The molecule has 19 heteroatoms. The lowest BCUT2D eigenvalue weighted by molar-refractivity contribution is -0.147. The lowest BCUT2D eigenvalue weighted by Crippen LogP contribution is -2.49. The Labute approximate surface area is 477 Å². The zero-order valence-corrected chi connectivity index (χ0v) is 51.7. The number of rotatable bonds is 55. The molecule has 0 aliphatic rings. The van der Waals surface area contributed by atoms with E-state index < -0.39 is 6.04 Å². The summed E-state index contributed by atoms with van der Waals surface area (Å²) in [5.74, 6) is 1.49. The predicted molar refractivity (Wildman–Crippen MR) is 322 cm³/mol. The van der Waals surface area contributed by atoms with Crippen LogP contribution in [0.5, 0.6) is 0 Å². The summed E-state index contributed by atoms with van der Waals surface area (Å²) >= 11 is 0. The van der Waals surface area contributed by atoms with Gasteiger partial charge in [-0.05, 0) is 58.0 Å². The minimum Gasteiger partial charge on any atom is -0.465 e. The normalized spacial score (nSPS) is 12.4. The first-order valence-corrected chi connectivity index (χ1v) is 34.6. The molecule has 444 valence electrons. The van der Waals surface area contributed by atoms with Crippen molar-refractivity contribution in [3.05, 3.63) is 0 Å². The van der Waals surface area contributed by atoms with E-state index in [-0.39, 0.29) is 86.5 Å². The number of unbranched alkanes of at least 4 members (excludes halogenated alkanes) is 16. The van der Waals surface area contributed by atoms with Gasteiger partial charge in [-0.2, -0.15) is 0 Å². The number of amides is 5. The molecule has 0 aromatic rings. The van der Waals surface area contributed by atoms with Gasteiger partial charge in [-0.1, -0.05) is 199 Å². The number of carbonyl (C=O) groups is 7. The summed E-state index contributed by atoms with van der Waals surface area (Å²) < 4.78 is 11.3. The largest absolute Gasteiger partial charge is 0.465 e. The van der Waals surface area contributed by atoms with Crippen LogP contribution in [-0.2, 0) is 43.0 Å². The summed E-state index contributed by atoms with van der Waals surface area (Å²) in [7, 11) is 9.81. The van der Waals surface area contributed by atoms with Gasteiger partial charge >= 0.3 is 11.9 Å². The highest BCUT2D eigenvalue weighted by Crippen LogP contribution is 2.23. The third kappa shape index (κ3) is 49.9. The van der Waals surface area contributed by atoms with Crippen molar-refractivity contribution in [1.29, 1.82) is 0 Å². The first-order chi connectivity index (χ1) is 36.8. The summed E-state index contributed by atoms with van der Waals surface area (Å²) in [6, 6.07) is -0.867. The number of esters is 2. The summed E-state index contributed by atoms with van der Waals surface area (Å²) in [4.78, 5) is 89.9. The summed E-state index contributed by atoms with van der Waals surface area (Å²) in [5.41, 5.74) is 0. The molecule has 3 atom stereocenters. The van der Waals surface area contributed by atoms with Crippen molar-refractivity contribution in [2.45, 2.75) is 226 Å². The maximum atomic E-state index is 13.1. The molecule has 0 radical (unpaired) electrons. The second-order valence-corrected chi connectivity index (χ2v) is 25.8. The molecule has 5 amide bonds. The van der Waals surface area contributed by atoms with E-state index >= 15 is 0 Å². The molecule has 0 saturated carbocycles. The van der Waals surface area contributed by atoms with Gasteiger partial charge in [0, 0.05) is 68.5 Å². The Morgan fingerprint density at radius 3 is 1.09 bits per heavy atom. The van der Waals surface area contributed by atoms with Gasteiger partial charge < -0.3 is 41.0 Å². The maximum Gasteiger partial charge on any atom is 0.306 e. The Balaban J connectivity index is 4.37.